The first-order valence-electron chi connectivity index (χ1n) is 4.19. The van der Waals surface area contributed by atoms with Crippen LogP contribution in [0.15, 0.2) is 0 Å². The number of nitrogens with one attached hydrogen (secondary N) is 1. The van der Waals surface area contributed by atoms with E-state index in [-0.39, 0.29) is 0 Å². The summed E-state index contributed by atoms with van der Waals surface area (Å²) in [5, 5.41) is 3.25. The minimum absolute atomic E-state index is 0.757. The van der Waals surface area contributed by atoms with Gasteiger partial charge >= 0.3 is 0 Å². The van der Waals surface area contributed by atoms with E-state index in [9.17, 15) is 0 Å². The van der Waals surface area contributed by atoms with Gasteiger partial charge in [-0.3, -0.25) is 0 Å². The molecule has 2 nitrogen and oxygen atoms in total. The minimum atomic E-state index is 0.757. The maximum absolute atomic E-state index is 5.16. The standard InChI is InChI=1S/C9H16N2/c1-3-4-5-6-11(2)9-7-10-8-9/h1,9-10H,4-8H2,2H3. The Morgan fingerprint density at radius 2 is 2.36 bits per heavy atom. The maximum atomic E-state index is 5.16. The van der Waals surface area contributed by atoms with E-state index >= 15 is 0 Å². The van der Waals surface area contributed by atoms with Crippen molar-refractivity contribution in [3.63, 3.8) is 0 Å². The molecule has 2 heteroatoms. The Bertz CT molecular complexity index is 144. The molecule has 0 atom stereocenters. The van der Waals surface area contributed by atoms with Gasteiger partial charge in [-0.1, -0.05) is 0 Å². The first-order valence-corrected chi connectivity index (χ1v) is 4.19. The summed E-state index contributed by atoms with van der Waals surface area (Å²) in [6.45, 7) is 3.43. The van der Waals surface area contributed by atoms with E-state index in [4.69, 9.17) is 6.42 Å². The van der Waals surface area contributed by atoms with Crippen molar-refractivity contribution in [1.82, 2.24) is 10.2 Å². The summed E-state index contributed by atoms with van der Waals surface area (Å²) in [5.41, 5.74) is 0. The third-order valence-electron chi connectivity index (χ3n) is 2.22. The van der Waals surface area contributed by atoms with E-state index in [1.807, 2.05) is 0 Å². The van der Waals surface area contributed by atoms with Gasteiger partial charge in [0.2, 0.25) is 0 Å². The molecule has 11 heavy (non-hydrogen) atoms. The van der Waals surface area contributed by atoms with Crippen LogP contribution in [0.2, 0.25) is 0 Å². The van der Waals surface area contributed by atoms with E-state index in [0.29, 0.717) is 0 Å². The van der Waals surface area contributed by atoms with Gasteiger partial charge in [0.05, 0.1) is 0 Å². The highest BCUT2D eigenvalue weighted by atomic mass is 15.2. The lowest BCUT2D eigenvalue weighted by atomic mass is 10.1. The van der Waals surface area contributed by atoms with Crippen molar-refractivity contribution >= 4 is 0 Å². The average Bonchev–Trinajstić information content (AvgIpc) is 1.84. The second kappa shape index (κ2) is 4.38. The Morgan fingerprint density at radius 1 is 1.64 bits per heavy atom. The third kappa shape index (κ3) is 2.53. The molecule has 0 radical (unpaired) electrons. The van der Waals surface area contributed by atoms with Crippen molar-refractivity contribution in [3.8, 4) is 12.3 Å². The second-order valence-electron chi connectivity index (χ2n) is 3.10. The Kier molecular flexibility index (Phi) is 3.41. The van der Waals surface area contributed by atoms with Crippen molar-refractivity contribution in [2.75, 3.05) is 26.7 Å². The van der Waals surface area contributed by atoms with Crippen LogP contribution in [-0.4, -0.2) is 37.6 Å². The summed E-state index contributed by atoms with van der Waals surface area (Å²) < 4.78 is 0. The smallest absolute Gasteiger partial charge is 0.0342 e. The average molecular weight is 152 g/mol. The molecule has 0 amide bonds. The molecule has 1 N–H and O–H groups in total. The fourth-order valence-electron chi connectivity index (χ4n) is 1.20. The van der Waals surface area contributed by atoms with Gasteiger partial charge in [0.15, 0.2) is 0 Å². The largest absolute Gasteiger partial charge is 0.314 e. The molecule has 1 fully saturated rings. The number of rotatable bonds is 4. The van der Waals surface area contributed by atoms with Crippen molar-refractivity contribution in [1.29, 1.82) is 0 Å². The van der Waals surface area contributed by atoms with Crippen molar-refractivity contribution in [2.45, 2.75) is 18.9 Å². The monoisotopic (exact) mass is 152 g/mol. The van der Waals surface area contributed by atoms with Crippen LogP contribution in [0.1, 0.15) is 12.8 Å². The van der Waals surface area contributed by atoms with Gasteiger partial charge in [-0.05, 0) is 20.0 Å². The van der Waals surface area contributed by atoms with Crippen LogP contribution in [0.25, 0.3) is 0 Å². The van der Waals surface area contributed by atoms with Gasteiger partial charge < -0.3 is 10.2 Å². The Morgan fingerprint density at radius 3 is 2.82 bits per heavy atom. The van der Waals surface area contributed by atoms with Gasteiger partial charge in [-0.15, -0.1) is 12.3 Å². The number of hydrogen-bond acceptors (Lipinski definition) is 2. The Hall–Kier alpha value is -0.520. The molecule has 1 rings (SSSR count). The van der Waals surface area contributed by atoms with Gasteiger partial charge in [-0.2, -0.15) is 0 Å². The molecule has 1 aliphatic heterocycles. The molecule has 0 bridgehead atoms. The van der Waals surface area contributed by atoms with Crippen LogP contribution < -0.4 is 5.32 Å². The lowest BCUT2D eigenvalue weighted by Crippen LogP contribution is -2.55. The van der Waals surface area contributed by atoms with Crippen LogP contribution in [0.4, 0.5) is 0 Å². The third-order valence-corrected chi connectivity index (χ3v) is 2.22. The summed E-state index contributed by atoms with van der Waals surface area (Å²) in [4.78, 5) is 2.38. The summed E-state index contributed by atoms with van der Waals surface area (Å²) in [7, 11) is 2.17. The van der Waals surface area contributed by atoms with Crippen LogP contribution >= 0.6 is 0 Å². The molecule has 1 aliphatic rings. The quantitative estimate of drug-likeness (QED) is 0.460. The fourth-order valence-corrected chi connectivity index (χ4v) is 1.20. The highest BCUT2D eigenvalue weighted by molar-refractivity contribution is 4.86. The SMILES string of the molecule is C#CCCCN(C)C1CNC1. The number of unbranched alkanes of at least 4 members (excludes halogenated alkanes) is 1. The van der Waals surface area contributed by atoms with Crippen LogP contribution in [-0.2, 0) is 0 Å². The van der Waals surface area contributed by atoms with Crippen molar-refractivity contribution in [3.05, 3.63) is 0 Å². The zero-order chi connectivity index (χ0) is 8.10. The highest BCUT2D eigenvalue weighted by Gasteiger charge is 2.20. The molecular weight excluding hydrogens is 136 g/mol. The predicted octanol–water partition coefficient (Wildman–Crippen LogP) is 0.303. The molecule has 0 spiro atoms. The summed E-state index contributed by atoms with van der Waals surface area (Å²) in [5.74, 6) is 2.66. The second-order valence-corrected chi connectivity index (χ2v) is 3.10. The number of likely N-dealkylation sites (N-methyl/N-ethyl adjacent to an activating group) is 1. The Balaban J connectivity index is 2.01. The highest BCUT2D eigenvalue weighted by Crippen LogP contribution is 2.02. The van der Waals surface area contributed by atoms with Gasteiger partial charge in [0, 0.05) is 25.6 Å². The molecule has 0 aromatic heterocycles. The molecular formula is C9H16N2. The van der Waals surface area contributed by atoms with E-state index in [1.54, 1.807) is 0 Å². The zero-order valence-corrected chi connectivity index (χ0v) is 7.14. The molecule has 0 aliphatic carbocycles. The number of terminal acetylenes is 1. The normalized spacial score (nSPS) is 17.9. The maximum Gasteiger partial charge on any atom is 0.0342 e. The lowest BCUT2D eigenvalue weighted by Gasteiger charge is -2.35. The molecule has 0 saturated carbocycles. The van der Waals surface area contributed by atoms with Crippen molar-refractivity contribution < 1.29 is 0 Å². The predicted molar refractivity (Wildman–Crippen MR) is 47.4 cm³/mol. The first kappa shape index (κ1) is 8.58. The molecule has 0 unspecified atom stereocenters. The van der Waals surface area contributed by atoms with E-state index in [0.717, 1.165) is 38.5 Å². The van der Waals surface area contributed by atoms with Gasteiger partial charge in [0.1, 0.15) is 0 Å². The molecule has 0 aromatic carbocycles. The molecule has 0 aromatic rings. The van der Waals surface area contributed by atoms with Crippen LogP contribution in [0.5, 0.6) is 0 Å². The zero-order valence-electron chi connectivity index (χ0n) is 7.14. The molecule has 62 valence electrons. The topological polar surface area (TPSA) is 15.3 Å². The lowest BCUT2D eigenvalue weighted by molar-refractivity contribution is 0.179. The summed E-state index contributed by atoms with van der Waals surface area (Å²) in [6, 6.07) is 0.757. The summed E-state index contributed by atoms with van der Waals surface area (Å²) in [6.07, 6.45) is 7.19. The van der Waals surface area contributed by atoms with Crippen molar-refractivity contribution in [2.24, 2.45) is 0 Å². The summed E-state index contributed by atoms with van der Waals surface area (Å²) >= 11 is 0. The Labute approximate surface area is 69.0 Å². The minimum Gasteiger partial charge on any atom is -0.314 e. The molecule has 1 heterocycles. The van der Waals surface area contributed by atoms with Gasteiger partial charge in [-0.25, -0.2) is 0 Å². The first-order chi connectivity index (χ1) is 5.34. The van der Waals surface area contributed by atoms with Crippen LogP contribution in [0, 0.1) is 12.3 Å². The van der Waals surface area contributed by atoms with E-state index in [2.05, 4.69) is 23.2 Å². The van der Waals surface area contributed by atoms with E-state index in [1.165, 1.54) is 0 Å². The van der Waals surface area contributed by atoms with E-state index < -0.39 is 0 Å². The number of hydrogen-bond donors (Lipinski definition) is 1. The van der Waals surface area contributed by atoms with Gasteiger partial charge in [0.25, 0.3) is 0 Å². The number of nitrogens with zero attached hydrogens (tertiary/aromatic N) is 1. The molecule has 1 saturated heterocycles. The van der Waals surface area contributed by atoms with Crippen LogP contribution in [0.3, 0.4) is 0 Å². The fraction of sp³-hybridized carbons (Fsp3) is 0.778.